The van der Waals surface area contributed by atoms with Crippen LogP contribution < -0.4 is 21.3 Å². The second kappa shape index (κ2) is 11.0. The number of carbonyl (C=O) groups excluding carboxylic acids is 2. The molecule has 9 heteroatoms. The Hall–Kier alpha value is -2.94. The van der Waals surface area contributed by atoms with Gasteiger partial charge in [0.05, 0.1) is 16.9 Å². The van der Waals surface area contributed by atoms with Gasteiger partial charge < -0.3 is 21.3 Å². The highest BCUT2D eigenvalue weighted by Crippen LogP contribution is 2.28. The fourth-order valence-electron chi connectivity index (χ4n) is 3.86. The van der Waals surface area contributed by atoms with E-state index in [2.05, 4.69) is 33.2 Å². The van der Waals surface area contributed by atoms with Gasteiger partial charge in [-0.1, -0.05) is 42.0 Å². The summed E-state index contributed by atoms with van der Waals surface area (Å²) in [6, 6.07) is 11.4. The molecule has 2 amide bonds. The van der Waals surface area contributed by atoms with Crippen molar-refractivity contribution in [3.8, 4) is 0 Å². The maximum atomic E-state index is 12.9. The number of aryl methyl sites for hydroxylation is 2. The summed E-state index contributed by atoms with van der Waals surface area (Å²) in [5.74, 6) is -0.342. The highest BCUT2D eigenvalue weighted by Gasteiger charge is 2.18. The molecule has 7 nitrogen and oxygen atoms in total. The van der Waals surface area contributed by atoms with Crippen LogP contribution in [0.4, 0.5) is 16.5 Å². The molecule has 1 saturated heterocycles. The highest BCUT2D eigenvalue weighted by molar-refractivity contribution is 7.17. The molecule has 0 aliphatic carbocycles. The van der Waals surface area contributed by atoms with Gasteiger partial charge in [0, 0.05) is 17.3 Å². The minimum atomic E-state index is -0.272. The Labute approximate surface area is 208 Å². The summed E-state index contributed by atoms with van der Waals surface area (Å²) >= 11 is 7.47. The van der Waals surface area contributed by atoms with Crippen LogP contribution in [0.5, 0.6) is 0 Å². The lowest BCUT2D eigenvalue weighted by Gasteiger charge is -2.23. The first-order chi connectivity index (χ1) is 16.4. The third kappa shape index (κ3) is 5.94. The van der Waals surface area contributed by atoms with Gasteiger partial charge in [-0.2, -0.15) is 0 Å². The van der Waals surface area contributed by atoms with Crippen LogP contribution in [-0.4, -0.2) is 35.9 Å². The van der Waals surface area contributed by atoms with Crippen LogP contribution in [0.15, 0.2) is 42.6 Å². The van der Waals surface area contributed by atoms with Crippen molar-refractivity contribution < 1.29 is 9.59 Å². The van der Waals surface area contributed by atoms with Crippen molar-refractivity contribution in [2.45, 2.75) is 39.2 Å². The molecule has 1 aliphatic heterocycles. The van der Waals surface area contributed by atoms with Gasteiger partial charge in [-0.05, 0) is 74.7 Å². The standard InChI is InChI=1S/C25H28ClN5O2S/c1-3-16-11-17(23(32)29-18-7-9-27-10-8-18)13-19(12-16)30-25-28-14-21(34-25)24(33)31-22-15(2)5-4-6-20(22)26/h4-6,11-14,18,27H,3,7-10H2,1-2H3,(H,28,30)(H,29,32)(H,31,33). The van der Waals surface area contributed by atoms with Crippen molar-refractivity contribution in [2.75, 3.05) is 23.7 Å². The smallest absolute Gasteiger partial charge is 0.267 e. The van der Waals surface area contributed by atoms with Crippen LogP contribution in [0, 0.1) is 6.92 Å². The van der Waals surface area contributed by atoms with Crippen molar-refractivity contribution in [2.24, 2.45) is 0 Å². The fraction of sp³-hybridized carbons (Fsp3) is 0.320. The molecule has 34 heavy (non-hydrogen) atoms. The molecule has 1 aliphatic rings. The number of hydrogen-bond donors (Lipinski definition) is 4. The van der Waals surface area contributed by atoms with Crippen LogP contribution >= 0.6 is 22.9 Å². The van der Waals surface area contributed by atoms with E-state index in [1.807, 2.05) is 37.3 Å². The largest absolute Gasteiger partial charge is 0.349 e. The molecular weight excluding hydrogens is 470 g/mol. The summed E-state index contributed by atoms with van der Waals surface area (Å²) in [6.45, 7) is 5.78. The maximum Gasteiger partial charge on any atom is 0.267 e. The van der Waals surface area contributed by atoms with Crippen LogP contribution in [0.1, 0.15) is 50.9 Å². The molecule has 1 fully saturated rings. The van der Waals surface area contributed by atoms with Crippen LogP contribution in [0.25, 0.3) is 0 Å². The number of nitrogens with zero attached hydrogens (tertiary/aromatic N) is 1. The number of amides is 2. The van der Waals surface area contributed by atoms with Gasteiger partial charge in [-0.15, -0.1) is 0 Å². The zero-order valence-corrected chi connectivity index (χ0v) is 20.8. The summed E-state index contributed by atoms with van der Waals surface area (Å²) in [7, 11) is 0. The lowest BCUT2D eigenvalue weighted by atomic mass is 10.0. The molecule has 178 valence electrons. The van der Waals surface area contributed by atoms with Gasteiger partial charge in [0.15, 0.2) is 5.13 Å². The van der Waals surface area contributed by atoms with E-state index < -0.39 is 0 Å². The average Bonchev–Trinajstić information content (AvgIpc) is 3.30. The van der Waals surface area contributed by atoms with Crippen LogP contribution in [0.2, 0.25) is 5.02 Å². The van der Waals surface area contributed by atoms with Gasteiger partial charge >= 0.3 is 0 Å². The summed E-state index contributed by atoms with van der Waals surface area (Å²) in [4.78, 5) is 30.4. The molecule has 0 atom stereocenters. The summed E-state index contributed by atoms with van der Waals surface area (Å²) < 4.78 is 0. The molecule has 4 N–H and O–H groups in total. The van der Waals surface area contributed by atoms with E-state index in [4.69, 9.17) is 11.6 Å². The Kier molecular flexibility index (Phi) is 7.82. The number of para-hydroxylation sites is 1. The topological polar surface area (TPSA) is 95.2 Å². The quantitative estimate of drug-likeness (QED) is 0.362. The molecule has 0 unspecified atom stereocenters. The lowest BCUT2D eigenvalue weighted by Crippen LogP contribution is -2.42. The first-order valence-corrected chi connectivity index (χ1v) is 12.6. The van der Waals surface area contributed by atoms with Gasteiger partial charge in [-0.25, -0.2) is 4.98 Å². The molecule has 3 aromatic rings. The molecule has 0 radical (unpaired) electrons. The average molecular weight is 498 g/mol. The molecule has 2 aromatic carbocycles. The highest BCUT2D eigenvalue weighted by atomic mass is 35.5. The van der Waals surface area contributed by atoms with E-state index >= 15 is 0 Å². The molecule has 0 saturated carbocycles. The number of hydrogen-bond acceptors (Lipinski definition) is 6. The zero-order chi connectivity index (χ0) is 24.1. The van der Waals surface area contributed by atoms with Crippen molar-refractivity contribution in [3.63, 3.8) is 0 Å². The molecule has 2 heterocycles. The van der Waals surface area contributed by atoms with Crippen LogP contribution in [-0.2, 0) is 6.42 Å². The Morgan fingerprint density at radius 1 is 1.18 bits per heavy atom. The Morgan fingerprint density at radius 2 is 1.97 bits per heavy atom. The number of benzene rings is 2. The molecule has 0 bridgehead atoms. The lowest BCUT2D eigenvalue weighted by molar-refractivity contribution is 0.0929. The van der Waals surface area contributed by atoms with Crippen molar-refractivity contribution in [3.05, 3.63) is 69.2 Å². The van der Waals surface area contributed by atoms with E-state index in [1.165, 1.54) is 17.5 Å². The van der Waals surface area contributed by atoms with Gasteiger partial charge in [0.1, 0.15) is 4.88 Å². The number of piperidine rings is 1. The SMILES string of the molecule is CCc1cc(Nc2ncc(C(=O)Nc3c(C)cccc3Cl)s2)cc(C(=O)NC2CCNCC2)c1. The first-order valence-electron chi connectivity index (χ1n) is 11.4. The predicted octanol–water partition coefficient (Wildman–Crippen LogP) is 5.15. The zero-order valence-electron chi connectivity index (χ0n) is 19.2. The van der Waals surface area contributed by atoms with E-state index in [1.54, 1.807) is 6.07 Å². The second-order valence-electron chi connectivity index (χ2n) is 8.31. The molecule has 1 aromatic heterocycles. The predicted molar refractivity (Wildman–Crippen MR) is 139 cm³/mol. The Morgan fingerprint density at radius 3 is 2.71 bits per heavy atom. The van der Waals surface area contributed by atoms with Crippen molar-refractivity contribution in [1.82, 2.24) is 15.6 Å². The normalized spacial score (nSPS) is 14.0. The first kappa shape index (κ1) is 24.2. The monoisotopic (exact) mass is 497 g/mol. The third-order valence-corrected chi connectivity index (χ3v) is 7.01. The number of carbonyl (C=O) groups is 2. The van der Waals surface area contributed by atoms with E-state index in [0.717, 1.165) is 49.2 Å². The Bertz CT molecular complexity index is 1170. The molecule has 0 spiro atoms. The number of anilines is 3. The van der Waals surface area contributed by atoms with E-state index in [-0.39, 0.29) is 17.9 Å². The van der Waals surface area contributed by atoms with Crippen molar-refractivity contribution >= 4 is 51.3 Å². The third-order valence-electron chi connectivity index (χ3n) is 5.78. The molecule has 4 rings (SSSR count). The number of halogens is 1. The van der Waals surface area contributed by atoms with Crippen LogP contribution in [0.3, 0.4) is 0 Å². The number of rotatable bonds is 7. The maximum absolute atomic E-state index is 12.9. The van der Waals surface area contributed by atoms with E-state index in [9.17, 15) is 9.59 Å². The van der Waals surface area contributed by atoms with Gasteiger partial charge in [-0.3, -0.25) is 9.59 Å². The summed E-state index contributed by atoms with van der Waals surface area (Å²) in [5, 5.41) is 13.6. The minimum Gasteiger partial charge on any atom is -0.349 e. The summed E-state index contributed by atoms with van der Waals surface area (Å²) in [6.07, 6.45) is 4.19. The molecular formula is C25H28ClN5O2S. The number of thiazole rings is 1. The van der Waals surface area contributed by atoms with Gasteiger partial charge in [0.25, 0.3) is 11.8 Å². The number of nitrogens with one attached hydrogen (secondary N) is 4. The number of aromatic nitrogens is 1. The Balaban J connectivity index is 1.47. The minimum absolute atomic E-state index is 0.0698. The fourth-order valence-corrected chi connectivity index (χ4v) is 4.86. The van der Waals surface area contributed by atoms with Gasteiger partial charge in [0.2, 0.25) is 0 Å². The van der Waals surface area contributed by atoms with Crippen molar-refractivity contribution in [1.29, 1.82) is 0 Å². The second-order valence-corrected chi connectivity index (χ2v) is 9.75. The summed E-state index contributed by atoms with van der Waals surface area (Å²) in [5.41, 5.74) is 3.90. The van der Waals surface area contributed by atoms with E-state index in [0.29, 0.717) is 26.3 Å².